The van der Waals surface area contributed by atoms with Gasteiger partial charge >= 0.3 is 0 Å². The van der Waals surface area contributed by atoms with Crippen molar-refractivity contribution < 1.29 is 17.1 Å². The van der Waals surface area contributed by atoms with Crippen LogP contribution < -0.4 is 15.8 Å². The minimum Gasteiger partial charge on any atom is -0.490 e. The number of likely N-dealkylation sites (tertiary alicyclic amines) is 1. The van der Waals surface area contributed by atoms with Gasteiger partial charge in [-0.15, -0.1) is 11.3 Å². The molecule has 3 heterocycles. The van der Waals surface area contributed by atoms with Crippen molar-refractivity contribution in [3.05, 3.63) is 81.5 Å². The first-order valence-electron chi connectivity index (χ1n) is 14.7. The Hall–Kier alpha value is -3.20. The van der Waals surface area contributed by atoms with Gasteiger partial charge in [-0.3, -0.25) is 10.2 Å². The average molecular weight is 579 g/mol. The van der Waals surface area contributed by atoms with Crippen molar-refractivity contribution in [3.63, 3.8) is 0 Å². The fraction of sp³-hybridized carbons (Fsp3) is 0.455. The third-order valence-electron chi connectivity index (χ3n) is 8.78. The number of nitrogens with zero attached hydrogens (tertiary/aromatic N) is 1. The number of carbonyl (C=O) groups excluding carboxylic acids is 1. The highest BCUT2D eigenvalue weighted by molar-refractivity contribution is 7.10. The molecule has 0 saturated carbocycles. The maximum Gasteiger partial charge on any atom is 0.251 e. The van der Waals surface area contributed by atoms with Crippen molar-refractivity contribution in [2.75, 3.05) is 39.1 Å². The fourth-order valence-corrected chi connectivity index (χ4v) is 7.09. The second kappa shape index (κ2) is 13.2. The van der Waals surface area contributed by atoms with Crippen LogP contribution in [-0.2, 0) is 10.2 Å². The Kier molecular flexibility index (Phi) is 9.42. The number of thiophene rings is 1. The Labute approximate surface area is 250 Å². The lowest BCUT2D eigenvalue weighted by atomic mass is 9.78. The average Bonchev–Trinajstić information content (AvgIpc) is 3.49. The minimum atomic E-state index is -0.162. The molecule has 1 aromatic heterocycles. The van der Waals surface area contributed by atoms with Crippen LogP contribution in [0.25, 0.3) is 0 Å². The standard InChI is InChI=1S/C33H42N4O3S.2H2/c1-3-25-21-27(6-4-16-37(25)2)40-26-11-8-23(9-12-26)31(35)28-20-24(10-13-29(28)34)32(38)36-22-33(14-17-39-18-15-33)30-7-5-19-41-30;;/h5,7-13,19-20,25,27,35H,3-4,6,14-18,21-22,34H2,1-2H3,(H,36,38);2*1H. The molecule has 0 spiro atoms. The molecule has 2 saturated heterocycles. The van der Waals surface area contributed by atoms with E-state index < -0.39 is 0 Å². The summed E-state index contributed by atoms with van der Waals surface area (Å²) in [6.45, 7) is 5.28. The van der Waals surface area contributed by atoms with Gasteiger partial charge in [0.05, 0.1) is 5.71 Å². The van der Waals surface area contributed by atoms with Crippen LogP contribution in [0.1, 0.15) is 74.7 Å². The fourth-order valence-electron chi connectivity index (χ4n) is 6.10. The van der Waals surface area contributed by atoms with Crippen LogP contribution in [-0.4, -0.2) is 62.0 Å². The molecule has 2 unspecified atom stereocenters. The monoisotopic (exact) mass is 578 g/mol. The number of nitrogen functional groups attached to an aromatic ring is 1. The molecular formula is C33H46N4O3S. The van der Waals surface area contributed by atoms with Crippen LogP contribution in [0.15, 0.2) is 60.0 Å². The summed E-state index contributed by atoms with van der Waals surface area (Å²) in [7, 11) is 2.20. The number of benzene rings is 2. The summed E-state index contributed by atoms with van der Waals surface area (Å²) in [6.07, 6.45) is 6.28. The summed E-state index contributed by atoms with van der Waals surface area (Å²) in [4.78, 5) is 17.0. The molecule has 7 nitrogen and oxygen atoms in total. The van der Waals surface area contributed by atoms with Gasteiger partial charge in [-0.2, -0.15) is 0 Å². The van der Waals surface area contributed by atoms with Crippen LogP contribution in [0.2, 0.25) is 0 Å². The Bertz CT molecular complexity index is 1330. The molecule has 2 aromatic carbocycles. The number of nitrogens with two attached hydrogens (primary N) is 1. The highest BCUT2D eigenvalue weighted by Gasteiger charge is 2.36. The van der Waals surface area contributed by atoms with Crippen molar-refractivity contribution in [1.29, 1.82) is 5.41 Å². The third-order valence-corrected chi connectivity index (χ3v) is 9.89. The van der Waals surface area contributed by atoms with Gasteiger partial charge in [0, 0.05) is 61.3 Å². The van der Waals surface area contributed by atoms with Crippen LogP contribution in [0.5, 0.6) is 5.75 Å². The zero-order valence-electron chi connectivity index (χ0n) is 24.2. The quantitative estimate of drug-likeness (QED) is 0.203. The molecule has 0 radical (unpaired) electrons. The number of ether oxygens (including phenoxy) is 2. The van der Waals surface area contributed by atoms with Crippen LogP contribution >= 0.6 is 11.3 Å². The molecule has 5 rings (SSSR count). The molecule has 4 N–H and O–H groups in total. The molecule has 0 bridgehead atoms. The molecule has 1 amide bonds. The van der Waals surface area contributed by atoms with Gasteiger partial charge in [-0.1, -0.05) is 13.0 Å². The van der Waals surface area contributed by atoms with E-state index in [0.717, 1.165) is 56.4 Å². The zero-order valence-corrected chi connectivity index (χ0v) is 25.0. The highest BCUT2D eigenvalue weighted by atomic mass is 32.1. The molecule has 2 aliphatic heterocycles. The van der Waals surface area contributed by atoms with E-state index in [0.29, 0.717) is 42.6 Å². The molecule has 3 aromatic rings. The number of hydrogen-bond donors (Lipinski definition) is 3. The summed E-state index contributed by atoms with van der Waals surface area (Å²) in [5.74, 6) is 0.657. The first kappa shape index (κ1) is 29.3. The predicted octanol–water partition coefficient (Wildman–Crippen LogP) is 6.36. The molecule has 222 valence electrons. The van der Waals surface area contributed by atoms with Gasteiger partial charge in [0.25, 0.3) is 5.91 Å². The number of hydrogen-bond acceptors (Lipinski definition) is 7. The summed E-state index contributed by atoms with van der Waals surface area (Å²) in [5, 5.41) is 14.1. The van der Waals surface area contributed by atoms with Crippen LogP contribution in [0.4, 0.5) is 5.69 Å². The molecule has 0 aliphatic carbocycles. The molecular weight excluding hydrogens is 532 g/mol. The molecule has 2 fully saturated rings. The van der Waals surface area contributed by atoms with Crippen molar-refractivity contribution in [1.82, 2.24) is 10.2 Å². The Morgan fingerprint density at radius 1 is 1.20 bits per heavy atom. The van der Waals surface area contributed by atoms with Crippen molar-refractivity contribution in [2.45, 2.75) is 63.0 Å². The summed E-state index contributed by atoms with van der Waals surface area (Å²) in [6, 6.07) is 17.6. The van der Waals surface area contributed by atoms with E-state index in [9.17, 15) is 4.79 Å². The summed E-state index contributed by atoms with van der Waals surface area (Å²) in [5.41, 5.74) is 8.71. The second-order valence-electron chi connectivity index (χ2n) is 11.4. The van der Waals surface area contributed by atoms with Gasteiger partial charge in [0.2, 0.25) is 0 Å². The normalized spacial score (nSPS) is 21.1. The first-order chi connectivity index (χ1) is 19.9. The first-order valence-corrected chi connectivity index (χ1v) is 15.6. The largest absolute Gasteiger partial charge is 0.490 e. The van der Waals surface area contributed by atoms with E-state index in [1.807, 2.05) is 24.3 Å². The lowest BCUT2D eigenvalue weighted by Crippen LogP contribution is -2.44. The number of rotatable bonds is 9. The molecule has 8 heteroatoms. The zero-order chi connectivity index (χ0) is 28.8. The van der Waals surface area contributed by atoms with E-state index in [2.05, 4.69) is 41.7 Å². The molecule has 41 heavy (non-hydrogen) atoms. The highest BCUT2D eigenvalue weighted by Crippen LogP contribution is 2.37. The van der Waals surface area contributed by atoms with Gasteiger partial charge < -0.3 is 25.4 Å². The van der Waals surface area contributed by atoms with Crippen molar-refractivity contribution in [3.8, 4) is 5.75 Å². The third kappa shape index (κ3) is 6.83. The lowest BCUT2D eigenvalue weighted by molar-refractivity contribution is 0.0499. The maximum absolute atomic E-state index is 13.3. The predicted molar refractivity (Wildman–Crippen MR) is 171 cm³/mol. The SMILES string of the molecule is CCC1CC(Oc2ccc(C(=N)c3cc(C(=O)NCC4(c5cccs5)CCOCC4)ccc3N)cc2)CCCN1C.[HH].[HH]. The Morgan fingerprint density at radius 2 is 1.95 bits per heavy atom. The van der Waals surface area contributed by atoms with Crippen molar-refractivity contribution >= 4 is 28.6 Å². The Balaban J connectivity index is 0.00000253. The van der Waals surface area contributed by atoms with Crippen LogP contribution in [0, 0.1) is 5.41 Å². The van der Waals surface area contributed by atoms with Gasteiger partial charge in [0.1, 0.15) is 11.9 Å². The van der Waals surface area contributed by atoms with E-state index >= 15 is 0 Å². The van der Waals surface area contributed by atoms with Gasteiger partial charge in [-0.05, 0) is 106 Å². The number of anilines is 1. The van der Waals surface area contributed by atoms with Gasteiger partial charge in [0.15, 0.2) is 0 Å². The number of carbonyl (C=O) groups is 1. The van der Waals surface area contributed by atoms with E-state index in [-0.39, 0.29) is 26.0 Å². The number of amides is 1. The maximum atomic E-state index is 13.3. The minimum absolute atomic E-state index is 0. The van der Waals surface area contributed by atoms with E-state index in [4.69, 9.17) is 20.6 Å². The van der Waals surface area contributed by atoms with Gasteiger partial charge in [-0.25, -0.2) is 0 Å². The number of nitrogens with one attached hydrogen (secondary N) is 2. The lowest BCUT2D eigenvalue weighted by Gasteiger charge is -2.36. The van der Waals surface area contributed by atoms with Crippen LogP contribution in [0.3, 0.4) is 0 Å². The molecule has 2 atom stereocenters. The van der Waals surface area contributed by atoms with Crippen molar-refractivity contribution in [2.24, 2.45) is 0 Å². The second-order valence-corrected chi connectivity index (χ2v) is 12.4. The Morgan fingerprint density at radius 3 is 2.66 bits per heavy atom. The smallest absolute Gasteiger partial charge is 0.251 e. The van der Waals surface area contributed by atoms with E-state index in [1.54, 1.807) is 29.5 Å². The molecule has 2 aliphatic rings. The topological polar surface area (TPSA) is 101 Å². The summed E-state index contributed by atoms with van der Waals surface area (Å²) >= 11 is 1.73. The van der Waals surface area contributed by atoms with E-state index in [1.165, 1.54) is 4.88 Å². The summed E-state index contributed by atoms with van der Waals surface area (Å²) < 4.78 is 12.0.